The van der Waals surface area contributed by atoms with Crippen LogP contribution < -0.4 is 5.32 Å². The third-order valence-electron chi connectivity index (χ3n) is 3.82. The molecule has 2 rings (SSSR count). The van der Waals surface area contributed by atoms with E-state index in [9.17, 15) is 14.4 Å². The summed E-state index contributed by atoms with van der Waals surface area (Å²) in [6, 6.07) is 8.80. The number of hydrogen-bond acceptors (Lipinski definition) is 3. The highest BCUT2D eigenvalue weighted by molar-refractivity contribution is 5.97. The normalized spacial score (nSPS) is 21.0. The van der Waals surface area contributed by atoms with Crippen molar-refractivity contribution in [3.63, 3.8) is 0 Å². The lowest BCUT2D eigenvalue weighted by atomic mass is 10.1. The minimum Gasteiger partial charge on any atom is -0.481 e. The monoisotopic (exact) mass is 289 g/mol. The molecular formula is C16H19NO4. The molecule has 5 nitrogen and oxygen atoms in total. The summed E-state index contributed by atoms with van der Waals surface area (Å²) in [5.41, 5.74) is 0.608. The Morgan fingerprint density at radius 1 is 1.10 bits per heavy atom. The van der Waals surface area contributed by atoms with Crippen molar-refractivity contribution in [3.8, 4) is 0 Å². The quantitative estimate of drug-likeness (QED) is 0.785. The van der Waals surface area contributed by atoms with Gasteiger partial charge in [0.15, 0.2) is 5.78 Å². The fourth-order valence-electron chi connectivity index (χ4n) is 2.63. The summed E-state index contributed by atoms with van der Waals surface area (Å²) in [5.74, 6) is -1.40. The van der Waals surface area contributed by atoms with Crippen LogP contribution in [0.15, 0.2) is 30.3 Å². The van der Waals surface area contributed by atoms with E-state index in [0.29, 0.717) is 24.8 Å². The van der Waals surface area contributed by atoms with Gasteiger partial charge in [-0.2, -0.15) is 0 Å². The lowest BCUT2D eigenvalue weighted by molar-refractivity contribution is -0.141. The van der Waals surface area contributed by atoms with Crippen LogP contribution in [0.3, 0.4) is 0 Å². The van der Waals surface area contributed by atoms with E-state index in [-0.39, 0.29) is 36.5 Å². The van der Waals surface area contributed by atoms with Gasteiger partial charge in [0.05, 0.1) is 5.92 Å². The predicted octanol–water partition coefficient (Wildman–Crippen LogP) is 2.02. The van der Waals surface area contributed by atoms with Crippen molar-refractivity contribution in [2.45, 2.75) is 38.1 Å². The molecule has 2 N–H and O–H groups in total. The van der Waals surface area contributed by atoms with E-state index in [1.54, 1.807) is 24.3 Å². The van der Waals surface area contributed by atoms with Crippen LogP contribution in [0.2, 0.25) is 0 Å². The van der Waals surface area contributed by atoms with Gasteiger partial charge < -0.3 is 10.4 Å². The van der Waals surface area contributed by atoms with Gasteiger partial charge in [-0.3, -0.25) is 14.4 Å². The topological polar surface area (TPSA) is 83.5 Å². The molecule has 0 radical (unpaired) electrons. The summed E-state index contributed by atoms with van der Waals surface area (Å²) in [7, 11) is 0. The summed E-state index contributed by atoms with van der Waals surface area (Å²) < 4.78 is 0. The number of hydrogen-bond donors (Lipinski definition) is 2. The molecule has 0 aliphatic heterocycles. The van der Waals surface area contributed by atoms with Gasteiger partial charge in [0.1, 0.15) is 0 Å². The molecule has 112 valence electrons. The van der Waals surface area contributed by atoms with Crippen molar-refractivity contribution in [3.05, 3.63) is 35.9 Å². The van der Waals surface area contributed by atoms with E-state index >= 15 is 0 Å². The van der Waals surface area contributed by atoms with Gasteiger partial charge in [-0.15, -0.1) is 0 Å². The van der Waals surface area contributed by atoms with Gasteiger partial charge in [-0.05, 0) is 19.3 Å². The maximum atomic E-state index is 11.9. The highest BCUT2D eigenvalue weighted by Gasteiger charge is 2.30. The second-order valence-electron chi connectivity index (χ2n) is 5.40. The molecule has 0 spiro atoms. The second-order valence-corrected chi connectivity index (χ2v) is 5.40. The first-order chi connectivity index (χ1) is 10.1. The number of ketones is 1. The zero-order valence-corrected chi connectivity index (χ0v) is 11.7. The van der Waals surface area contributed by atoms with Crippen LogP contribution in [0.1, 0.15) is 42.5 Å². The van der Waals surface area contributed by atoms with Crippen LogP contribution in [0.5, 0.6) is 0 Å². The molecule has 0 heterocycles. The lowest BCUT2D eigenvalue weighted by Crippen LogP contribution is -2.33. The van der Waals surface area contributed by atoms with E-state index in [0.717, 1.165) is 0 Å². The third-order valence-corrected chi connectivity index (χ3v) is 3.82. The van der Waals surface area contributed by atoms with E-state index in [4.69, 9.17) is 5.11 Å². The summed E-state index contributed by atoms with van der Waals surface area (Å²) in [6.07, 6.45) is 2.08. The van der Waals surface area contributed by atoms with Gasteiger partial charge >= 0.3 is 5.97 Å². The smallest absolute Gasteiger partial charge is 0.306 e. The third kappa shape index (κ3) is 4.41. The first-order valence-corrected chi connectivity index (χ1v) is 7.16. The number of amides is 1. The molecule has 0 saturated heterocycles. The van der Waals surface area contributed by atoms with Crippen LogP contribution in [0.25, 0.3) is 0 Å². The zero-order valence-electron chi connectivity index (χ0n) is 11.7. The van der Waals surface area contributed by atoms with Crippen LogP contribution >= 0.6 is 0 Å². The van der Waals surface area contributed by atoms with Crippen LogP contribution in [0, 0.1) is 5.92 Å². The zero-order chi connectivity index (χ0) is 15.2. The molecule has 5 heteroatoms. The van der Waals surface area contributed by atoms with Crippen molar-refractivity contribution in [2.75, 3.05) is 0 Å². The average Bonchev–Trinajstić information content (AvgIpc) is 2.94. The Labute approximate surface area is 123 Å². The van der Waals surface area contributed by atoms with Crippen molar-refractivity contribution < 1.29 is 19.5 Å². The number of carboxylic acids is 1. The maximum Gasteiger partial charge on any atom is 0.306 e. The maximum absolute atomic E-state index is 11.9. The molecule has 0 unspecified atom stereocenters. The van der Waals surface area contributed by atoms with Crippen LogP contribution in [-0.4, -0.2) is 28.8 Å². The minimum absolute atomic E-state index is 0.0550. The fraction of sp³-hybridized carbons (Fsp3) is 0.438. The molecule has 1 aromatic rings. The van der Waals surface area contributed by atoms with E-state index in [1.807, 2.05) is 6.07 Å². The minimum atomic E-state index is -0.800. The van der Waals surface area contributed by atoms with Gasteiger partial charge in [0.25, 0.3) is 0 Å². The first kappa shape index (κ1) is 15.2. The Bertz CT molecular complexity index is 526. The Balaban J connectivity index is 1.73. The Morgan fingerprint density at radius 2 is 1.81 bits per heavy atom. The van der Waals surface area contributed by atoms with Crippen molar-refractivity contribution in [1.29, 1.82) is 0 Å². The summed E-state index contributed by atoms with van der Waals surface area (Å²) in [5, 5.41) is 11.7. The highest BCUT2D eigenvalue weighted by Crippen LogP contribution is 2.25. The average molecular weight is 289 g/mol. The summed E-state index contributed by atoms with van der Waals surface area (Å²) in [6.45, 7) is 0. The highest BCUT2D eigenvalue weighted by atomic mass is 16.4. The number of aliphatic carboxylic acids is 1. The number of Topliss-reactive ketones (excluding diaryl/α,β-unsaturated/α-hetero) is 1. The van der Waals surface area contributed by atoms with Gasteiger partial charge in [-0.25, -0.2) is 0 Å². The van der Waals surface area contributed by atoms with E-state index in [2.05, 4.69) is 5.32 Å². The molecule has 1 fully saturated rings. The lowest BCUT2D eigenvalue weighted by Gasteiger charge is -2.12. The molecule has 1 aliphatic rings. The molecule has 1 saturated carbocycles. The number of carbonyl (C=O) groups excluding carboxylic acids is 2. The first-order valence-electron chi connectivity index (χ1n) is 7.16. The number of carboxylic acid groups (broad SMARTS) is 1. The standard InChI is InChI=1S/C16H19NO4/c18-14(11-4-2-1-3-5-11)8-9-15(19)17-13-7-6-12(10-13)16(20)21/h1-5,12-13H,6-10H2,(H,17,19)(H,20,21)/t12-,13+/m1/s1. The molecule has 1 amide bonds. The van der Waals surface area contributed by atoms with Crippen molar-refractivity contribution in [1.82, 2.24) is 5.32 Å². The Hall–Kier alpha value is -2.17. The molecular weight excluding hydrogens is 270 g/mol. The molecule has 0 aromatic heterocycles. The molecule has 0 bridgehead atoms. The van der Waals surface area contributed by atoms with Crippen LogP contribution in [-0.2, 0) is 9.59 Å². The largest absolute Gasteiger partial charge is 0.481 e. The molecule has 1 aliphatic carbocycles. The number of nitrogens with one attached hydrogen (secondary N) is 1. The molecule has 2 atom stereocenters. The number of benzene rings is 1. The summed E-state index contributed by atoms with van der Waals surface area (Å²) in [4.78, 5) is 34.5. The van der Waals surface area contributed by atoms with Gasteiger partial charge in [0.2, 0.25) is 5.91 Å². The number of carbonyl (C=O) groups is 3. The molecule has 21 heavy (non-hydrogen) atoms. The Morgan fingerprint density at radius 3 is 2.43 bits per heavy atom. The summed E-state index contributed by atoms with van der Waals surface area (Å²) >= 11 is 0. The Kier molecular flexibility index (Phi) is 5.09. The predicted molar refractivity (Wildman–Crippen MR) is 76.9 cm³/mol. The number of rotatable bonds is 6. The van der Waals surface area contributed by atoms with Gasteiger partial charge in [-0.1, -0.05) is 30.3 Å². The fourth-order valence-corrected chi connectivity index (χ4v) is 2.63. The van der Waals surface area contributed by atoms with E-state index in [1.165, 1.54) is 0 Å². The molecule has 1 aromatic carbocycles. The van der Waals surface area contributed by atoms with Crippen molar-refractivity contribution >= 4 is 17.7 Å². The van der Waals surface area contributed by atoms with Crippen molar-refractivity contribution in [2.24, 2.45) is 5.92 Å². The van der Waals surface area contributed by atoms with Gasteiger partial charge in [0, 0.05) is 24.4 Å². The van der Waals surface area contributed by atoms with Crippen LogP contribution in [0.4, 0.5) is 0 Å². The second kappa shape index (κ2) is 7.02. The van der Waals surface area contributed by atoms with E-state index < -0.39 is 5.97 Å². The SMILES string of the molecule is O=C(CCC(=O)c1ccccc1)N[C@H]1CC[C@@H](C(=O)O)C1.